The highest BCUT2D eigenvalue weighted by Gasteiger charge is 2.17. The van der Waals surface area contributed by atoms with Crippen molar-refractivity contribution in [3.8, 4) is 0 Å². The van der Waals surface area contributed by atoms with E-state index in [0.29, 0.717) is 12.4 Å². The molecule has 1 heterocycles. The summed E-state index contributed by atoms with van der Waals surface area (Å²) in [5.74, 6) is 6.64. The third kappa shape index (κ3) is 3.04. The summed E-state index contributed by atoms with van der Waals surface area (Å²) in [5.41, 5.74) is 3.18. The quantitative estimate of drug-likeness (QED) is 0.430. The molecule has 0 fully saturated rings. The van der Waals surface area contributed by atoms with Gasteiger partial charge in [0, 0.05) is 24.1 Å². The molecule has 5 N–H and O–H groups in total. The van der Waals surface area contributed by atoms with Crippen molar-refractivity contribution in [2.24, 2.45) is 11.3 Å². The maximum atomic E-state index is 9.14. The van der Waals surface area contributed by atoms with E-state index in [0.717, 1.165) is 11.4 Å². The van der Waals surface area contributed by atoms with Crippen LogP contribution < -0.4 is 16.6 Å². The number of nitrogen functional groups attached to an aromatic ring is 1. The van der Waals surface area contributed by atoms with Gasteiger partial charge in [-0.1, -0.05) is 13.8 Å². The Morgan fingerprint density at radius 2 is 2.00 bits per heavy atom. The number of aliphatic hydroxyl groups is 1. The molecular formula is C10H19N5O. The maximum absolute atomic E-state index is 9.14. The average Bonchev–Trinajstić information content (AvgIpc) is 2.28. The number of aromatic nitrogens is 2. The number of nitrogens with two attached hydrogens (primary N) is 1. The van der Waals surface area contributed by atoms with Crippen LogP contribution in [0.1, 0.15) is 19.4 Å². The molecule has 1 aromatic rings. The predicted octanol–water partition coefficient (Wildman–Crippen LogP) is 0.501. The van der Waals surface area contributed by atoms with Crippen molar-refractivity contribution < 1.29 is 5.11 Å². The molecule has 0 unspecified atom stereocenters. The summed E-state index contributed by atoms with van der Waals surface area (Å²) in [6.45, 7) is 6.57. The summed E-state index contributed by atoms with van der Waals surface area (Å²) in [6.07, 6.45) is 1.44. The SMILES string of the molecule is Cc1c(NN)ncnc1NCC(C)(C)CO. The molecule has 0 aromatic carbocycles. The van der Waals surface area contributed by atoms with Crippen molar-refractivity contribution in [1.29, 1.82) is 0 Å². The number of rotatable bonds is 5. The predicted molar refractivity (Wildman–Crippen MR) is 63.9 cm³/mol. The first-order valence-corrected chi connectivity index (χ1v) is 5.13. The molecule has 0 atom stereocenters. The number of hydrogen-bond donors (Lipinski definition) is 4. The Hall–Kier alpha value is -1.40. The molecule has 16 heavy (non-hydrogen) atoms. The number of hydrazine groups is 1. The molecule has 1 aromatic heterocycles. The number of aliphatic hydroxyl groups excluding tert-OH is 1. The first-order valence-electron chi connectivity index (χ1n) is 5.13. The van der Waals surface area contributed by atoms with Crippen LogP contribution in [0, 0.1) is 12.3 Å². The molecular weight excluding hydrogens is 206 g/mol. The second kappa shape index (κ2) is 5.09. The first kappa shape index (κ1) is 12.7. The molecule has 0 aliphatic heterocycles. The summed E-state index contributed by atoms with van der Waals surface area (Å²) >= 11 is 0. The van der Waals surface area contributed by atoms with Gasteiger partial charge in [-0.25, -0.2) is 15.8 Å². The van der Waals surface area contributed by atoms with Gasteiger partial charge in [0.15, 0.2) is 0 Å². The second-order valence-electron chi connectivity index (χ2n) is 4.52. The Labute approximate surface area is 95.3 Å². The maximum Gasteiger partial charge on any atom is 0.148 e. The van der Waals surface area contributed by atoms with E-state index in [2.05, 4.69) is 20.7 Å². The van der Waals surface area contributed by atoms with Crippen molar-refractivity contribution in [1.82, 2.24) is 9.97 Å². The topological polar surface area (TPSA) is 96.1 Å². The van der Waals surface area contributed by atoms with Gasteiger partial charge in [-0.3, -0.25) is 0 Å². The first-order chi connectivity index (χ1) is 7.50. The highest BCUT2D eigenvalue weighted by molar-refractivity contribution is 5.55. The van der Waals surface area contributed by atoms with Crippen LogP contribution in [0.15, 0.2) is 6.33 Å². The van der Waals surface area contributed by atoms with Crippen molar-refractivity contribution in [2.45, 2.75) is 20.8 Å². The smallest absolute Gasteiger partial charge is 0.148 e. The lowest BCUT2D eigenvalue weighted by atomic mass is 9.95. The number of nitrogens with one attached hydrogen (secondary N) is 2. The Morgan fingerprint density at radius 3 is 2.56 bits per heavy atom. The van der Waals surface area contributed by atoms with E-state index in [1.807, 2.05) is 20.8 Å². The summed E-state index contributed by atoms with van der Waals surface area (Å²) < 4.78 is 0. The van der Waals surface area contributed by atoms with Crippen molar-refractivity contribution in [2.75, 3.05) is 23.9 Å². The Morgan fingerprint density at radius 1 is 1.38 bits per heavy atom. The molecule has 0 saturated heterocycles. The summed E-state index contributed by atoms with van der Waals surface area (Å²) in [4.78, 5) is 8.11. The molecule has 0 radical (unpaired) electrons. The molecule has 6 heteroatoms. The van der Waals surface area contributed by atoms with E-state index in [1.165, 1.54) is 6.33 Å². The van der Waals surface area contributed by atoms with Crippen LogP contribution in [0.3, 0.4) is 0 Å². The lowest BCUT2D eigenvalue weighted by molar-refractivity contribution is 0.170. The molecule has 90 valence electrons. The zero-order chi connectivity index (χ0) is 12.2. The van der Waals surface area contributed by atoms with Gasteiger partial charge in [-0.2, -0.15) is 0 Å². The van der Waals surface area contributed by atoms with E-state index in [1.54, 1.807) is 0 Å². The van der Waals surface area contributed by atoms with Crippen LogP contribution in [0.5, 0.6) is 0 Å². The van der Waals surface area contributed by atoms with E-state index < -0.39 is 0 Å². The van der Waals surface area contributed by atoms with E-state index in [-0.39, 0.29) is 12.0 Å². The zero-order valence-electron chi connectivity index (χ0n) is 9.91. The second-order valence-corrected chi connectivity index (χ2v) is 4.52. The van der Waals surface area contributed by atoms with E-state index >= 15 is 0 Å². The largest absolute Gasteiger partial charge is 0.396 e. The standard InChI is InChI=1S/C10H19N5O/c1-7-8(12-4-10(2,3)5-16)13-6-14-9(7)15-11/h6,16H,4-5,11H2,1-3H3,(H2,12,13,14,15). The van der Waals surface area contributed by atoms with Crippen molar-refractivity contribution in [3.05, 3.63) is 11.9 Å². The van der Waals surface area contributed by atoms with Gasteiger partial charge >= 0.3 is 0 Å². The van der Waals surface area contributed by atoms with Gasteiger partial charge in [-0.05, 0) is 6.92 Å². The monoisotopic (exact) mass is 225 g/mol. The van der Waals surface area contributed by atoms with Crippen LogP contribution in [-0.2, 0) is 0 Å². The minimum absolute atomic E-state index is 0.117. The summed E-state index contributed by atoms with van der Waals surface area (Å²) in [5, 5.41) is 12.3. The third-order valence-electron chi connectivity index (χ3n) is 2.38. The normalized spacial score (nSPS) is 11.3. The molecule has 0 aliphatic rings. The van der Waals surface area contributed by atoms with Gasteiger partial charge in [0.1, 0.15) is 18.0 Å². The van der Waals surface area contributed by atoms with Crippen LogP contribution in [0.2, 0.25) is 0 Å². The van der Waals surface area contributed by atoms with Crippen molar-refractivity contribution in [3.63, 3.8) is 0 Å². The van der Waals surface area contributed by atoms with Crippen molar-refractivity contribution >= 4 is 11.6 Å². The average molecular weight is 225 g/mol. The molecule has 0 aliphatic carbocycles. The van der Waals surface area contributed by atoms with Gasteiger partial charge in [0.05, 0.1) is 0 Å². The van der Waals surface area contributed by atoms with E-state index in [4.69, 9.17) is 10.9 Å². The Bertz CT molecular complexity index is 353. The van der Waals surface area contributed by atoms with Crippen LogP contribution >= 0.6 is 0 Å². The molecule has 0 spiro atoms. The highest BCUT2D eigenvalue weighted by Crippen LogP contribution is 2.20. The zero-order valence-corrected chi connectivity index (χ0v) is 9.91. The molecule has 6 nitrogen and oxygen atoms in total. The Kier molecular flexibility index (Phi) is 4.03. The lowest BCUT2D eigenvalue weighted by Crippen LogP contribution is -2.27. The van der Waals surface area contributed by atoms with Crippen LogP contribution in [0.25, 0.3) is 0 Å². The van der Waals surface area contributed by atoms with E-state index in [9.17, 15) is 0 Å². The molecule has 1 rings (SSSR count). The number of hydrogen-bond acceptors (Lipinski definition) is 6. The highest BCUT2D eigenvalue weighted by atomic mass is 16.3. The van der Waals surface area contributed by atoms with Gasteiger partial charge in [-0.15, -0.1) is 0 Å². The molecule has 0 saturated carbocycles. The van der Waals surface area contributed by atoms with Crippen LogP contribution in [0.4, 0.5) is 11.6 Å². The van der Waals surface area contributed by atoms with Gasteiger partial charge < -0.3 is 15.8 Å². The fourth-order valence-corrected chi connectivity index (χ4v) is 1.15. The molecule has 0 bridgehead atoms. The summed E-state index contributed by atoms with van der Waals surface area (Å²) in [7, 11) is 0. The molecule has 0 amide bonds. The fourth-order valence-electron chi connectivity index (χ4n) is 1.15. The summed E-state index contributed by atoms with van der Waals surface area (Å²) in [6, 6.07) is 0. The van der Waals surface area contributed by atoms with Gasteiger partial charge in [0.2, 0.25) is 0 Å². The minimum atomic E-state index is -0.187. The number of anilines is 2. The Balaban J connectivity index is 2.75. The third-order valence-corrected chi connectivity index (χ3v) is 2.38. The van der Waals surface area contributed by atoms with Gasteiger partial charge in [0.25, 0.3) is 0 Å². The lowest BCUT2D eigenvalue weighted by Gasteiger charge is -2.22. The minimum Gasteiger partial charge on any atom is -0.396 e. The number of nitrogens with zero attached hydrogens (tertiary/aromatic N) is 2. The van der Waals surface area contributed by atoms with Crippen LogP contribution in [-0.4, -0.2) is 28.2 Å². The fraction of sp³-hybridized carbons (Fsp3) is 0.600.